The number of hydrogen-bond donors (Lipinski definition) is 1. The molecule has 0 amide bonds. The molecule has 0 atom stereocenters. The monoisotopic (exact) mass is 218 g/mol. The van der Waals surface area contributed by atoms with Crippen molar-refractivity contribution in [2.75, 3.05) is 7.11 Å². The summed E-state index contributed by atoms with van der Waals surface area (Å²) in [5.41, 5.74) is -1.15. The van der Waals surface area contributed by atoms with Crippen molar-refractivity contribution in [1.82, 2.24) is 0 Å². The number of hydrogen-bond acceptors (Lipinski definition) is 2. The van der Waals surface area contributed by atoms with Gasteiger partial charge in [-0.15, -0.1) is 0 Å². The molecule has 78 valence electrons. The van der Waals surface area contributed by atoms with E-state index in [1.54, 1.807) is 0 Å². The van der Waals surface area contributed by atoms with Crippen LogP contribution in [-0.4, -0.2) is 12.2 Å². The Kier molecular flexibility index (Phi) is 3.02. The second-order valence-electron chi connectivity index (χ2n) is 3.53. The van der Waals surface area contributed by atoms with Gasteiger partial charge in [0.2, 0.25) is 0 Å². The molecule has 0 unspecified atom stereocenters. The molecule has 0 aliphatic rings. The average Bonchev–Trinajstić information content (AvgIpc) is 2.06. The summed E-state index contributed by atoms with van der Waals surface area (Å²) in [7, 11) is 1.35. The summed E-state index contributed by atoms with van der Waals surface area (Å²) in [6.07, 6.45) is 0. The number of aliphatic hydroxyl groups is 1. The van der Waals surface area contributed by atoms with Gasteiger partial charge in [0.05, 0.1) is 12.7 Å². The van der Waals surface area contributed by atoms with E-state index >= 15 is 0 Å². The predicted octanol–water partition coefficient (Wildman–Crippen LogP) is 2.72. The van der Waals surface area contributed by atoms with E-state index in [0.717, 1.165) is 0 Å². The molecule has 1 rings (SSSR count). The van der Waals surface area contributed by atoms with Crippen LogP contribution in [0.4, 0.5) is 4.39 Å². The summed E-state index contributed by atoms with van der Waals surface area (Å²) in [5, 5.41) is 9.99. The number of rotatable bonds is 2. The smallest absolute Gasteiger partial charge is 0.171 e. The predicted molar refractivity (Wildman–Crippen MR) is 53.2 cm³/mol. The summed E-state index contributed by atoms with van der Waals surface area (Å²) >= 11 is 5.75. The van der Waals surface area contributed by atoms with Crippen LogP contribution >= 0.6 is 11.6 Å². The Balaban J connectivity index is 3.37. The van der Waals surface area contributed by atoms with Gasteiger partial charge in [-0.1, -0.05) is 11.6 Å². The normalized spacial score (nSPS) is 11.6. The Morgan fingerprint density at radius 2 is 2.00 bits per heavy atom. The van der Waals surface area contributed by atoms with Gasteiger partial charge in [0.1, 0.15) is 0 Å². The molecular formula is C10H12ClFO2. The van der Waals surface area contributed by atoms with Crippen LogP contribution in [0.25, 0.3) is 0 Å². The lowest BCUT2D eigenvalue weighted by Crippen LogP contribution is -2.18. The van der Waals surface area contributed by atoms with E-state index in [-0.39, 0.29) is 11.3 Å². The van der Waals surface area contributed by atoms with Gasteiger partial charge in [-0.25, -0.2) is 4.39 Å². The van der Waals surface area contributed by atoms with Crippen LogP contribution < -0.4 is 4.74 Å². The second-order valence-corrected chi connectivity index (χ2v) is 3.97. The van der Waals surface area contributed by atoms with E-state index in [0.29, 0.717) is 5.02 Å². The van der Waals surface area contributed by atoms with Gasteiger partial charge in [-0.05, 0) is 19.9 Å². The van der Waals surface area contributed by atoms with Crippen molar-refractivity contribution in [3.63, 3.8) is 0 Å². The molecule has 1 aromatic rings. The van der Waals surface area contributed by atoms with Gasteiger partial charge in [0, 0.05) is 16.7 Å². The molecule has 1 aromatic carbocycles. The Labute approximate surface area is 87.3 Å². The second kappa shape index (κ2) is 3.75. The lowest BCUT2D eigenvalue weighted by molar-refractivity contribution is 0.0739. The van der Waals surface area contributed by atoms with E-state index < -0.39 is 11.4 Å². The van der Waals surface area contributed by atoms with E-state index in [9.17, 15) is 9.50 Å². The maximum Gasteiger partial charge on any atom is 0.171 e. The van der Waals surface area contributed by atoms with E-state index in [4.69, 9.17) is 16.3 Å². The molecule has 0 saturated carbocycles. The highest BCUT2D eigenvalue weighted by molar-refractivity contribution is 6.30. The van der Waals surface area contributed by atoms with E-state index in [2.05, 4.69) is 0 Å². The Morgan fingerprint density at radius 1 is 1.43 bits per heavy atom. The van der Waals surface area contributed by atoms with Crippen molar-refractivity contribution in [2.24, 2.45) is 0 Å². The molecule has 0 heterocycles. The summed E-state index contributed by atoms with van der Waals surface area (Å²) in [4.78, 5) is 0. The molecule has 0 fully saturated rings. The third-order valence-electron chi connectivity index (χ3n) is 1.88. The first-order valence-electron chi connectivity index (χ1n) is 4.12. The van der Waals surface area contributed by atoms with Crippen LogP contribution in [0, 0.1) is 5.82 Å². The van der Waals surface area contributed by atoms with Crippen LogP contribution in [0.15, 0.2) is 12.1 Å². The molecule has 14 heavy (non-hydrogen) atoms. The Morgan fingerprint density at radius 3 is 2.43 bits per heavy atom. The van der Waals surface area contributed by atoms with Gasteiger partial charge >= 0.3 is 0 Å². The molecule has 0 aromatic heterocycles. The van der Waals surface area contributed by atoms with Crippen LogP contribution in [0.5, 0.6) is 5.75 Å². The fourth-order valence-corrected chi connectivity index (χ4v) is 1.37. The molecule has 0 bridgehead atoms. The van der Waals surface area contributed by atoms with Crippen molar-refractivity contribution >= 4 is 11.6 Å². The summed E-state index contributed by atoms with van der Waals surface area (Å²) in [6, 6.07) is 2.76. The molecule has 4 heteroatoms. The Hall–Kier alpha value is -0.800. The Bertz CT molecular complexity index is 345. The van der Waals surface area contributed by atoms with E-state index in [1.165, 1.54) is 33.1 Å². The highest BCUT2D eigenvalue weighted by Gasteiger charge is 2.23. The van der Waals surface area contributed by atoms with Crippen molar-refractivity contribution in [3.8, 4) is 5.75 Å². The van der Waals surface area contributed by atoms with Crippen LogP contribution in [-0.2, 0) is 5.60 Å². The van der Waals surface area contributed by atoms with Gasteiger partial charge < -0.3 is 9.84 Å². The lowest BCUT2D eigenvalue weighted by atomic mass is 9.97. The number of ether oxygens (including phenoxy) is 1. The highest BCUT2D eigenvalue weighted by Crippen LogP contribution is 2.32. The van der Waals surface area contributed by atoms with Crippen LogP contribution in [0.3, 0.4) is 0 Å². The largest absolute Gasteiger partial charge is 0.494 e. The molecular weight excluding hydrogens is 207 g/mol. The van der Waals surface area contributed by atoms with Gasteiger partial charge in [0.25, 0.3) is 0 Å². The fraction of sp³-hybridized carbons (Fsp3) is 0.400. The number of benzene rings is 1. The topological polar surface area (TPSA) is 29.5 Å². The fourth-order valence-electron chi connectivity index (χ4n) is 1.16. The zero-order valence-electron chi connectivity index (χ0n) is 8.27. The van der Waals surface area contributed by atoms with E-state index in [1.807, 2.05) is 0 Å². The third kappa shape index (κ3) is 2.16. The zero-order valence-corrected chi connectivity index (χ0v) is 9.02. The van der Waals surface area contributed by atoms with Crippen molar-refractivity contribution in [2.45, 2.75) is 19.4 Å². The first-order chi connectivity index (χ1) is 6.36. The molecule has 0 saturated heterocycles. The average molecular weight is 219 g/mol. The third-order valence-corrected chi connectivity index (χ3v) is 2.10. The highest BCUT2D eigenvalue weighted by atomic mass is 35.5. The van der Waals surface area contributed by atoms with Crippen molar-refractivity contribution in [1.29, 1.82) is 0 Å². The minimum Gasteiger partial charge on any atom is -0.494 e. The minimum atomic E-state index is -1.28. The van der Waals surface area contributed by atoms with Crippen LogP contribution in [0.2, 0.25) is 5.02 Å². The summed E-state index contributed by atoms with van der Waals surface area (Å²) in [5.74, 6) is -0.543. The first-order valence-corrected chi connectivity index (χ1v) is 4.50. The van der Waals surface area contributed by atoms with Gasteiger partial charge in [-0.2, -0.15) is 0 Å². The number of methoxy groups -OCH3 is 1. The van der Waals surface area contributed by atoms with Gasteiger partial charge in [0.15, 0.2) is 11.6 Å². The zero-order chi connectivity index (χ0) is 10.9. The molecule has 1 N–H and O–H groups in total. The summed E-state index contributed by atoms with van der Waals surface area (Å²) < 4.78 is 18.4. The first kappa shape index (κ1) is 11.3. The standard InChI is InChI=1S/C10H12ClFO2/c1-10(2,13)7-4-6(11)5-8(14-3)9(7)12/h4-5,13H,1-3H3. The SMILES string of the molecule is COc1cc(Cl)cc(C(C)(C)O)c1F. The molecule has 2 nitrogen and oxygen atoms in total. The molecule has 0 aliphatic carbocycles. The number of halogens is 2. The van der Waals surface area contributed by atoms with Crippen LogP contribution in [0.1, 0.15) is 19.4 Å². The minimum absolute atomic E-state index is 0.0367. The van der Waals surface area contributed by atoms with Crippen molar-refractivity contribution < 1.29 is 14.2 Å². The van der Waals surface area contributed by atoms with Crippen molar-refractivity contribution in [3.05, 3.63) is 28.5 Å². The molecule has 0 aliphatic heterocycles. The molecule has 0 radical (unpaired) electrons. The summed E-state index contributed by atoms with van der Waals surface area (Å²) in [6.45, 7) is 2.97. The maximum atomic E-state index is 13.6. The maximum absolute atomic E-state index is 13.6. The lowest BCUT2D eigenvalue weighted by Gasteiger charge is -2.20. The molecule has 0 spiro atoms. The quantitative estimate of drug-likeness (QED) is 0.827. The van der Waals surface area contributed by atoms with Gasteiger partial charge in [-0.3, -0.25) is 0 Å².